The maximum Gasteiger partial charge on any atom is 0.0403 e. The third-order valence-electron chi connectivity index (χ3n) is 3.95. The molecular formula is C18H22N2. The van der Waals surface area contributed by atoms with Crippen LogP contribution in [-0.4, -0.2) is 18.1 Å². The van der Waals surface area contributed by atoms with Crippen LogP contribution < -0.4 is 10.6 Å². The zero-order chi connectivity index (χ0) is 14.0. The Hall–Kier alpha value is -1.80. The van der Waals surface area contributed by atoms with E-state index in [1.54, 1.807) is 0 Å². The van der Waals surface area contributed by atoms with Gasteiger partial charge in [0.2, 0.25) is 0 Å². The lowest BCUT2D eigenvalue weighted by Crippen LogP contribution is -2.31. The molecule has 2 aromatic carbocycles. The van der Waals surface area contributed by atoms with E-state index in [1.807, 2.05) is 6.07 Å². The van der Waals surface area contributed by atoms with Crippen LogP contribution in [0.1, 0.15) is 20.3 Å². The van der Waals surface area contributed by atoms with Gasteiger partial charge >= 0.3 is 0 Å². The summed E-state index contributed by atoms with van der Waals surface area (Å²) in [5, 5.41) is 7.15. The number of nitrogens with one attached hydrogen (secondary N) is 2. The van der Waals surface area contributed by atoms with Gasteiger partial charge in [-0.25, -0.2) is 0 Å². The standard InChI is InChI=1S/C18H22N2/c1-18(2)12-17(13-19-18)20-16-10-8-15(9-11-16)14-6-4-3-5-7-14/h3-11,17,19-20H,12-13H2,1-2H3. The second-order valence-electron chi connectivity index (χ2n) is 6.25. The van der Waals surface area contributed by atoms with E-state index in [0.29, 0.717) is 6.04 Å². The van der Waals surface area contributed by atoms with E-state index in [0.717, 1.165) is 13.0 Å². The lowest BCUT2D eigenvalue weighted by atomic mass is 10.0. The highest BCUT2D eigenvalue weighted by molar-refractivity contribution is 5.65. The molecule has 1 aliphatic rings. The van der Waals surface area contributed by atoms with Gasteiger partial charge in [0.05, 0.1) is 0 Å². The molecule has 3 rings (SSSR count). The van der Waals surface area contributed by atoms with Crippen molar-refractivity contribution in [2.45, 2.75) is 31.8 Å². The minimum absolute atomic E-state index is 0.252. The van der Waals surface area contributed by atoms with Gasteiger partial charge in [0.15, 0.2) is 0 Å². The second kappa shape index (κ2) is 5.29. The van der Waals surface area contributed by atoms with Crippen LogP contribution in [0.25, 0.3) is 11.1 Å². The van der Waals surface area contributed by atoms with Gasteiger partial charge < -0.3 is 10.6 Å². The van der Waals surface area contributed by atoms with Gasteiger partial charge in [-0.05, 0) is 43.5 Å². The van der Waals surface area contributed by atoms with Gasteiger partial charge in [-0.15, -0.1) is 0 Å². The first-order chi connectivity index (χ1) is 9.62. The van der Waals surface area contributed by atoms with Crippen molar-refractivity contribution in [3.63, 3.8) is 0 Å². The van der Waals surface area contributed by atoms with E-state index in [2.05, 4.69) is 73.0 Å². The summed E-state index contributed by atoms with van der Waals surface area (Å²) < 4.78 is 0. The lowest BCUT2D eigenvalue weighted by molar-refractivity contribution is 0.457. The SMILES string of the molecule is CC1(C)CC(Nc2ccc(-c3ccccc3)cc2)CN1. The number of anilines is 1. The minimum Gasteiger partial charge on any atom is -0.381 e. The number of benzene rings is 2. The highest BCUT2D eigenvalue weighted by Crippen LogP contribution is 2.24. The van der Waals surface area contributed by atoms with Crippen LogP contribution in [0, 0.1) is 0 Å². The molecule has 1 unspecified atom stereocenters. The highest BCUT2D eigenvalue weighted by atomic mass is 15.1. The molecule has 0 saturated carbocycles. The fourth-order valence-corrected chi connectivity index (χ4v) is 2.89. The predicted octanol–water partition coefficient (Wildman–Crippen LogP) is 3.91. The molecule has 0 spiro atoms. The zero-order valence-electron chi connectivity index (χ0n) is 12.2. The first kappa shape index (κ1) is 13.2. The number of hydrogen-bond donors (Lipinski definition) is 2. The van der Waals surface area contributed by atoms with Crippen molar-refractivity contribution in [2.24, 2.45) is 0 Å². The summed E-state index contributed by atoms with van der Waals surface area (Å²) in [5.74, 6) is 0. The molecule has 2 N–H and O–H groups in total. The fourth-order valence-electron chi connectivity index (χ4n) is 2.89. The van der Waals surface area contributed by atoms with Crippen LogP contribution in [0.2, 0.25) is 0 Å². The molecule has 104 valence electrons. The molecule has 1 fully saturated rings. The first-order valence-electron chi connectivity index (χ1n) is 7.29. The Bertz CT molecular complexity index is 558. The van der Waals surface area contributed by atoms with Crippen molar-refractivity contribution in [3.8, 4) is 11.1 Å². The Morgan fingerprint density at radius 1 is 0.950 bits per heavy atom. The monoisotopic (exact) mass is 266 g/mol. The van der Waals surface area contributed by atoms with E-state index in [1.165, 1.54) is 16.8 Å². The summed E-state index contributed by atoms with van der Waals surface area (Å²) in [6, 6.07) is 19.7. The van der Waals surface area contributed by atoms with Gasteiger partial charge in [0, 0.05) is 23.8 Å². The van der Waals surface area contributed by atoms with E-state index in [9.17, 15) is 0 Å². The fraction of sp³-hybridized carbons (Fsp3) is 0.333. The average Bonchev–Trinajstić information content (AvgIpc) is 2.80. The van der Waals surface area contributed by atoms with Crippen LogP contribution >= 0.6 is 0 Å². The smallest absolute Gasteiger partial charge is 0.0403 e. The molecule has 0 aromatic heterocycles. The summed E-state index contributed by atoms with van der Waals surface area (Å²) in [5.41, 5.74) is 3.99. The number of rotatable bonds is 3. The molecule has 20 heavy (non-hydrogen) atoms. The molecule has 1 atom stereocenters. The molecular weight excluding hydrogens is 244 g/mol. The van der Waals surface area contributed by atoms with E-state index in [4.69, 9.17) is 0 Å². The molecule has 1 saturated heterocycles. The Labute approximate surface area is 121 Å². The molecule has 2 heteroatoms. The Kier molecular flexibility index (Phi) is 3.49. The van der Waals surface area contributed by atoms with Crippen molar-refractivity contribution < 1.29 is 0 Å². The third-order valence-corrected chi connectivity index (χ3v) is 3.95. The van der Waals surface area contributed by atoms with Crippen LogP contribution in [0.4, 0.5) is 5.69 Å². The maximum atomic E-state index is 3.61. The topological polar surface area (TPSA) is 24.1 Å². The van der Waals surface area contributed by atoms with Crippen molar-refractivity contribution in [1.82, 2.24) is 5.32 Å². The van der Waals surface area contributed by atoms with Gasteiger partial charge in [-0.2, -0.15) is 0 Å². The summed E-state index contributed by atoms with van der Waals surface area (Å²) in [6.07, 6.45) is 1.16. The zero-order valence-corrected chi connectivity index (χ0v) is 12.2. The first-order valence-corrected chi connectivity index (χ1v) is 7.29. The van der Waals surface area contributed by atoms with E-state index >= 15 is 0 Å². The lowest BCUT2D eigenvalue weighted by Gasteiger charge is -2.18. The van der Waals surface area contributed by atoms with Gasteiger partial charge in [0.1, 0.15) is 0 Å². The molecule has 0 amide bonds. The Morgan fingerprint density at radius 3 is 2.20 bits per heavy atom. The van der Waals surface area contributed by atoms with Gasteiger partial charge in [-0.3, -0.25) is 0 Å². The largest absolute Gasteiger partial charge is 0.381 e. The van der Waals surface area contributed by atoms with Crippen LogP contribution in [-0.2, 0) is 0 Å². The van der Waals surface area contributed by atoms with E-state index in [-0.39, 0.29) is 5.54 Å². The summed E-state index contributed by atoms with van der Waals surface area (Å²) in [7, 11) is 0. The molecule has 1 heterocycles. The molecule has 1 aliphatic heterocycles. The molecule has 2 aromatic rings. The second-order valence-corrected chi connectivity index (χ2v) is 6.25. The summed E-state index contributed by atoms with van der Waals surface area (Å²) in [4.78, 5) is 0. The quantitative estimate of drug-likeness (QED) is 0.880. The van der Waals surface area contributed by atoms with Crippen molar-refractivity contribution >= 4 is 5.69 Å². The van der Waals surface area contributed by atoms with Crippen LogP contribution in [0.5, 0.6) is 0 Å². The molecule has 2 nitrogen and oxygen atoms in total. The molecule has 0 bridgehead atoms. The number of hydrogen-bond acceptors (Lipinski definition) is 2. The van der Waals surface area contributed by atoms with Crippen molar-refractivity contribution in [3.05, 3.63) is 54.6 Å². The van der Waals surface area contributed by atoms with Crippen LogP contribution in [0.3, 0.4) is 0 Å². The third kappa shape index (κ3) is 3.02. The maximum absolute atomic E-state index is 3.61. The highest BCUT2D eigenvalue weighted by Gasteiger charge is 2.29. The Balaban J connectivity index is 1.68. The minimum atomic E-state index is 0.252. The molecule has 0 aliphatic carbocycles. The van der Waals surface area contributed by atoms with Gasteiger partial charge in [-0.1, -0.05) is 42.5 Å². The van der Waals surface area contributed by atoms with Gasteiger partial charge in [0.25, 0.3) is 0 Å². The van der Waals surface area contributed by atoms with E-state index < -0.39 is 0 Å². The van der Waals surface area contributed by atoms with Crippen molar-refractivity contribution in [1.29, 1.82) is 0 Å². The summed E-state index contributed by atoms with van der Waals surface area (Å²) >= 11 is 0. The molecule has 0 radical (unpaired) electrons. The summed E-state index contributed by atoms with van der Waals surface area (Å²) in [6.45, 7) is 5.55. The normalized spacial score (nSPS) is 20.8. The average molecular weight is 266 g/mol. The van der Waals surface area contributed by atoms with Crippen molar-refractivity contribution in [2.75, 3.05) is 11.9 Å². The Morgan fingerprint density at radius 2 is 1.60 bits per heavy atom. The predicted molar refractivity (Wildman–Crippen MR) is 86.0 cm³/mol. The van der Waals surface area contributed by atoms with Crippen LogP contribution in [0.15, 0.2) is 54.6 Å².